The number of rotatable bonds is 6. The molecule has 0 atom stereocenters. The molecule has 0 aliphatic carbocycles. The van der Waals surface area contributed by atoms with E-state index in [0.717, 1.165) is 11.4 Å². The molecule has 0 bridgehead atoms. The Morgan fingerprint density at radius 1 is 1.50 bits per heavy atom. The Labute approximate surface area is 104 Å². The molecule has 7 nitrogen and oxygen atoms in total. The molecule has 2 heterocycles. The summed E-state index contributed by atoms with van der Waals surface area (Å²) in [6.45, 7) is 1.02. The molecule has 0 aliphatic rings. The van der Waals surface area contributed by atoms with E-state index in [2.05, 4.69) is 20.6 Å². The Hall–Kier alpha value is -2.15. The second kappa shape index (κ2) is 5.97. The molecule has 0 amide bonds. The van der Waals surface area contributed by atoms with Crippen molar-refractivity contribution in [2.75, 3.05) is 19.0 Å². The van der Waals surface area contributed by atoms with Crippen LogP contribution in [0.4, 0.5) is 5.69 Å². The Kier molecular flexibility index (Phi) is 4.08. The van der Waals surface area contributed by atoms with Gasteiger partial charge in [0.05, 0.1) is 38.7 Å². The smallest absolute Gasteiger partial charge is 0.237 e. The third-order valence-electron chi connectivity index (χ3n) is 2.34. The molecule has 0 radical (unpaired) electrons. The lowest BCUT2D eigenvalue weighted by atomic mass is 10.3. The van der Waals surface area contributed by atoms with Crippen molar-refractivity contribution in [2.24, 2.45) is 0 Å². The molecule has 0 fully saturated rings. The van der Waals surface area contributed by atoms with Crippen LogP contribution >= 0.6 is 0 Å². The van der Waals surface area contributed by atoms with Gasteiger partial charge in [-0.1, -0.05) is 5.21 Å². The van der Waals surface area contributed by atoms with Crippen molar-refractivity contribution in [3.8, 4) is 5.88 Å². The Morgan fingerprint density at radius 3 is 3.17 bits per heavy atom. The van der Waals surface area contributed by atoms with Gasteiger partial charge in [0.1, 0.15) is 5.69 Å². The molecule has 0 aliphatic heterocycles. The van der Waals surface area contributed by atoms with Crippen molar-refractivity contribution in [2.45, 2.75) is 13.1 Å². The quantitative estimate of drug-likeness (QED) is 0.765. The van der Waals surface area contributed by atoms with Crippen LogP contribution in [0.5, 0.6) is 5.88 Å². The van der Waals surface area contributed by atoms with Gasteiger partial charge in [0.25, 0.3) is 0 Å². The first kappa shape index (κ1) is 12.3. The molecule has 0 saturated heterocycles. The number of methoxy groups -OCH3 is 1. The Morgan fingerprint density at radius 2 is 2.39 bits per heavy atom. The van der Waals surface area contributed by atoms with Crippen molar-refractivity contribution in [1.82, 2.24) is 20.0 Å². The summed E-state index contributed by atoms with van der Waals surface area (Å²) in [6, 6.07) is 3.71. The molecule has 2 N–H and O–H groups in total. The van der Waals surface area contributed by atoms with Gasteiger partial charge in [0.15, 0.2) is 0 Å². The fourth-order valence-electron chi connectivity index (χ4n) is 1.51. The van der Waals surface area contributed by atoms with Crippen molar-refractivity contribution in [3.05, 3.63) is 30.2 Å². The highest BCUT2D eigenvalue weighted by Gasteiger charge is 2.04. The second-order valence-corrected chi connectivity index (χ2v) is 3.61. The molecule has 0 aromatic carbocycles. The maximum Gasteiger partial charge on any atom is 0.237 e. The molecule has 96 valence electrons. The van der Waals surface area contributed by atoms with Gasteiger partial charge in [0.2, 0.25) is 5.88 Å². The van der Waals surface area contributed by atoms with Crippen LogP contribution < -0.4 is 10.1 Å². The molecule has 0 spiro atoms. The normalized spacial score (nSPS) is 10.3. The van der Waals surface area contributed by atoms with Crippen LogP contribution in [-0.4, -0.2) is 38.8 Å². The predicted octanol–water partition coefficient (Wildman–Crippen LogP) is 0.286. The molecule has 0 unspecified atom stereocenters. The lowest BCUT2D eigenvalue weighted by Crippen LogP contribution is -2.03. The summed E-state index contributed by atoms with van der Waals surface area (Å²) in [4.78, 5) is 4.09. The number of hydrogen-bond donors (Lipinski definition) is 2. The third kappa shape index (κ3) is 2.95. The van der Waals surface area contributed by atoms with E-state index in [1.54, 1.807) is 24.2 Å². The van der Waals surface area contributed by atoms with Crippen LogP contribution in [0.3, 0.4) is 0 Å². The number of aromatic nitrogens is 4. The van der Waals surface area contributed by atoms with E-state index >= 15 is 0 Å². The summed E-state index contributed by atoms with van der Waals surface area (Å²) < 4.78 is 6.72. The number of anilines is 1. The van der Waals surface area contributed by atoms with Crippen molar-refractivity contribution in [3.63, 3.8) is 0 Å². The summed E-state index contributed by atoms with van der Waals surface area (Å²) in [5.74, 6) is 0.542. The average Bonchev–Trinajstić information content (AvgIpc) is 2.85. The van der Waals surface area contributed by atoms with Gasteiger partial charge in [-0.3, -0.25) is 0 Å². The van der Waals surface area contributed by atoms with Gasteiger partial charge in [-0.05, 0) is 12.1 Å². The van der Waals surface area contributed by atoms with Crippen LogP contribution in [0, 0.1) is 0 Å². The Bertz CT molecular complexity index is 500. The zero-order chi connectivity index (χ0) is 12.8. The first-order chi connectivity index (χ1) is 8.83. The summed E-state index contributed by atoms with van der Waals surface area (Å²) in [6.07, 6.45) is 3.45. The average molecular weight is 249 g/mol. The first-order valence-electron chi connectivity index (χ1n) is 5.56. The van der Waals surface area contributed by atoms with Crippen molar-refractivity contribution < 1.29 is 9.84 Å². The number of aliphatic hydroxyl groups is 1. The number of hydrogen-bond acceptors (Lipinski definition) is 6. The fourth-order valence-corrected chi connectivity index (χ4v) is 1.51. The van der Waals surface area contributed by atoms with Gasteiger partial charge in [-0.25, -0.2) is 9.67 Å². The van der Waals surface area contributed by atoms with E-state index in [-0.39, 0.29) is 6.61 Å². The van der Waals surface area contributed by atoms with Crippen LogP contribution in [-0.2, 0) is 13.1 Å². The van der Waals surface area contributed by atoms with Crippen LogP contribution in [0.25, 0.3) is 0 Å². The van der Waals surface area contributed by atoms with E-state index in [1.165, 1.54) is 0 Å². The monoisotopic (exact) mass is 249 g/mol. The van der Waals surface area contributed by atoms with Crippen LogP contribution in [0.2, 0.25) is 0 Å². The highest BCUT2D eigenvalue weighted by molar-refractivity contribution is 5.51. The lowest BCUT2D eigenvalue weighted by Gasteiger charge is -2.07. The first-order valence-corrected chi connectivity index (χ1v) is 5.56. The van der Waals surface area contributed by atoms with Crippen molar-refractivity contribution >= 4 is 5.69 Å². The van der Waals surface area contributed by atoms with Gasteiger partial charge >= 0.3 is 0 Å². The number of nitrogens with zero attached hydrogens (tertiary/aromatic N) is 4. The minimum absolute atomic E-state index is 0.0483. The molecule has 18 heavy (non-hydrogen) atoms. The van der Waals surface area contributed by atoms with E-state index in [1.807, 2.05) is 12.1 Å². The summed E-state index contributed by atoms with van der Waals surface area (Å²) in [7, 11) is 1.57. The lowest BCUT2D eigenvalue weighted by molar-refractivity contribution is 0.268. The van der Waals surface area contributed by atoms with Gasteiger partial charge in [-0.15, -0.1) is 5.10 Å². The minimum atomic E-state index is 0.0483. The van der Waals surface area contributed by atoms with Gasteiger partial charge < -0.3 is 15.2 Å². The van der Waals surface area contributed by atoms with E-state index in [9.17, 15) is 0 Å². The highest BCUT2D eigenvalue weighted by Crippen LogP contribution is 2.20. The molecule has 2 aromatic heterocycles. The fraction of sp³-hybridized carbons (Fsp3) is 0.364. The molecule has 7 heteroatoms. The number of aliphatic hydroxyl groups excluding tert-OH is 1. The third-order valence-corrected chi connectivity index (χ3v) is 2.34. The van der Waals surface area contributed by atoms with Crippen LogP contribution in [0.15, 0.2) is 24.5 Å². The molecule has 0 saturated carbocycles. The van der Waals surface area contributed by atoms with E-state index < -0.39 is 0 Å². The van der Waals surface area contributed by atoms with Gasteiger partial charge in [0, 0.05) is 6.20 Å². The maximum atomic E-state index is 8.78. The predicted molar refractivity (Wildman–Crippen MR) is 65.2 cm³/mol. The largest absolute Gasteiger partial charge is 0.480 e. The number of pyridine rings is 1. The maximum absolute atomic E-state index is 8.78. The number of nitrogens with one attached hydrogen (secondary N) is 1. The molecular formula is C11H15N5O2. The Balaban J connectivity index is 1.97. The SMILES string of the molecule is COc1ncccc1NCc1cn(CCO)nn1. The van der Waals surface area contributed by atoms with Gasteiger partial charge in [-0.2, -0.15) is 0 Å². The topological polar surface area (TPSA) is 85.1 Å². The highest BCUT2D eigenvalue weighted by atomic mass is 16.5. The van der Waals surface area contributed by atoms with Crippen molar-refractivity contribution in [1.29, 1.82) is 0 Å². The summed E-state index contributed by atoms with van der Waals surface area (Å²) >= 11 is 0. The van der Waals surface area contributed by atoms with E-state index in [4.69, 9.17) is 9.84 Å². The summed E-state index contributed by atoms with van der Waals surface area (Å²) in [5, 5.41) is 19.8. The zero-order valence-electron chi connectivity index (χ0n) is 10.1. The minimum Gasteiger partial charge on any atom is -0.480 e. The standard InChI is InChI=1S/C11H15N5O2/c1-18-11-10(3-2-4-12-11)13-7-9-8-16(5-6-17)15-14-9/h2-4,8,13,17H,5-7H2,1H3. The summed E-state index contributed by atoms with van der Waals surface area (Å²) in [5.41, 5.74) is 1.59. The van der Waals surface area contributed by atoms with E-state index in [0.29, 0.717) is 19.0 Å². The zero-order valence-corrected chi connectivity index (χ0v) is 10.1. The number of ether oxygens (including phenoxy) is 1. The molecule has 2 rings (SSSR count). The van der Waals surface area contributed by atoms with Crippen LogP contribution in [0.1, 0.15) is 5.69 Å². The molecular weight excluding hydrogens is 234 g/mol. The molecule has 2 aromatic rings. The second-order valence-electron chi connectivity index (χ2n) is 3.61.